The number of fused-ring (bicyclic) bond motifs is 12. The second kappa shape index (κ2) is 13.5. The third kappa shape index (κ3) is 5.17. The lowest BCUT2D eigenvalue weighted by Gasteiger charge is -2.46. The largest absolute Gasteiger partial charge is 0.456 e. The van der Waals surface area contributed by atoms with Crippen molar-refractivity contribution in [3.63, 3.8) is 0 Å². The van der Waals surface area contributed by atoms with Gasteiger partial charge in [0.15, 0.2) is 0 Å². The molecule has 0 fully saturated rings. The Balaban J connectivity index is 1.09. The molecule has 0 unspecified atom stereocenters. The van der Waals surface area contributed by atoms with Crippen molar-refractivity contribution in [1.29, 1.82) is 0 Å². The number of hydrogen-bond acceptors (Lipinski definition) is 3. The van der Waals surface area contributed by atoms with Crippen molar-refractivity contribution in [3.8, 4) is 11.1 Å². The SMILES string of the molecule is CC1(C)c2ccccc2C2(c3ccccc3-c3ccc(N(c4ccc(N(c5ccccc5)c5ccccc5)cc4)c4ccc5c(c4)oc4ccccc45)cc32)c2ccccc21. The van der Waals surface area contributed by atoms with Crippen LogP contribution in [0.2, 0.25) is 0 Å². The number of para-hydroxylation sites is 3. The number of anilines is 6. The van der Waals surface area contributed by atoms with Crippen molar-refractivity contribution in [1.82, 2.24) is 0 Å². The Morgan fingerprint density at radius 3 is 1.38 bits per heavy atom. The van der Waals surface area contributed by atoms with E-state index in [2.05, 4.69) is 236 Å². The molecule has 61 heavy (non-hydrogen) atoms. The van der Waals surface area contributed by atoms with Crippen LogP contribution >= 0.6 is 0 Å². The summed E-state index contributed by atoms with van der Waals surface area (Å²) in [6.07, 6.45) is 0. The fourth-order valence-electron chi connectivity index (χ4n) is 10.6. The normalized spacial score (nSPS) is 14.0. The maximum Gasteiger partial charge on any atom is 0.137 e. The summed E-state index contributed by atoms with van der Waals surface area (Å²) in [5.74, 6) is 0. The highest BCUT2D eigenvalue weighted by molar-refractivity contribution is 6.06. The van der Waals surface area contributed by atoms with Gasteiger partial charge in [-0.2, -0.15) is 0 Å². The van der Waals surface area contributed by atoms with E-state index in [9.17, 15) is 0 Å². The predicted octanol–water partition coefficient (Wildman–Crippen LogP) is 15.5. The average molecular weight is 783 g/mol. The van der Waals surface area contributed by atoms with Crippen molar-refractivity contribution in [2.45, 2.75) is 24.7 Å². The summed E-state index contributed by atoms with van der Waals surface area (Å²) in [4.78, 5) is 4.71. The molecule has 10 aromatic rings. The summed E-state index contributed by atoms with van der Waals surface area (Å²) in [5, 5.41) is 2.23. The molecular weight excluding hydrogens is 741 g/mol. The summed E-state index contributed by atoms with van der Waals surface area (Å²) in [6, 6.07) is 79.6. The average Bonchev–Trinajstić information content (AvgIpc) is 3.83. The smallest absolute Gasteiger partial charge is 0.137 e. The molecule has 0 atom stereocenters. The van der Waals surface area contributed by atoms with Crippen LogP contribution < -0.4 is 9.80 Å². The van der Waals surface area contributed by atoms with Gasteiger partial charge < -0.3 is 14.2 Å². The minimum absolute atomic E-state index is 0.170. The molecule has 1 spiro atoms. The van der Waals surface area contributed by atoms with Gasteiger partial charge >= 0.3 is 0 Å². The molecule has 0 saturated carbocycles. The van der Waals surface area contributed by atoms with Crippen LogP contribution in [0.4, 0.5) is 34.1 Å². The van der Waals surface area contributed by atoms with E-state index in [0.717, 1.165) is 56.1 Å². The minimum Gasteiger partial charge on any atom is -0.456 e. The summed E-state index contributed by atoms with van der Waals surface area (Å²) in [6.45, 7) is 4.76. The van der Waals surface area contributed by atoms with Crippen molar-refractivity contribution in [3.05, 3.63) is 252 Å². The summed E-state index contributed by atoms with van der Waals surface area (Å²) in [5.41, 5.74) is 18.1. The van der Waals surface area contributed by atoms with Crippen LogP contribution in [-0.4, -0.2) is 0 Å². The highest BCUT2D eigenvalue weighted by atomic mass is 16.3. The quantitative estimate of drug-likeness (QED) is 0.167. The maximum absolute atomic E-state index is 6.53. The Morgan fingerprint density at radius 2 is 0.738 bits per heavy atom. The first-order valence-electron chi connectivity index (χ1n) is 21.2. The van der Waals surface area contributed by atoms with Crippen molar-refractivity contribution in [2.75, 3.05) is 9.80 Å². The summed E-state index contributed by atoms with van der Waals surface area (Å²) >= 11 is 0. The molecule has 0 N–H and O–H groups in total. The third-order valence-electron chi connectivity index (χ3n) is 13.3. The van der Waals surface area contributed by atoms with Gasteiger partial charge in [0.1, 0.15) is 11.2 Å². The van der Waals surface area contributed by atoms with E-state index in [-0.39, 0.29) is 5.41 Å². The van der Waals surface area contributed by atoms with Gasteiger partial charge in [0.05, 0.1) is 5.41 Å². The van der Waals surface area contributed by atoms with E-state index in [1.165, 1.54) is 44.5 Å². The molecule has 290 valence electrons. The summed E-state index contributed by atoms with van der Waals surface area (Å²) < 4.78 is 6.53. The Morgan fingerprint density at radius 1 is 0.311 bits per heavy atom. The van der Waals surface area contributed by atoms with Crippen LogP contribution in [0.25, 0.3) is 33.1 Å². The number of benzene rings is 9. The lowest BCUT2D eigenvalue weighted by molar-refractivity contribution is 0.563. The van der Waals surface area contributed by atoms with E-state index in [4.69, 9.17) is 4.42 Å². The van der Waals surface area contributed by atoms with Crippen molar-refractivity contribution < 1.29 is 4.42 Å². The number of nitrogens with zero attached hydrogens (tertiary/aromatic N) is 2. The molecular formula is C58H42N2O. The van der Waals surface area contributed by atoms with Gasteiger partial charge in [-0.25, -0.2) is 0 Å². The molecule has 12 rings (SSSR count). The Hall–Kier alpha value is -7.62. The highest BCUT2D eigenvalue weighted by Crippen LogP contribution is 2.62. The zero-order valence-electron chi connectivity index (χ0n) is 34.1. The molecule has 3 heteroatoms. The molecule has 2 aliphatic rings. The third-order valence-corrected chi connectivity index (χ3v) is 13.3. The van der Waals surface area contributed by atoms with Gasteiger partial charge in [-0.1, -0.05) is 147 Å². The molecule has 1 heterocycles. The van der Waals surface area contributed by atoms with E-state index in [0.29, 0.717) is 0 Å². The predicted molar refractivity (Wildman–Crippen MR) is 253 cm³/mol. The monoisotopic (exact) mass is 782 g/mol. The van der Waals surface area contributed by atoms with Crippen LogP contribution in [0.3, 0.4) is 0 Å². The molecule has 1 aromatic heterocycles. The fourth-order valence-corrected chi connectivity index (χ4v) is 10.6. The molecule has 9 aromatic carbocycles. The number of rotatable bonds is 6. The Kier molecular flexibility index (Phi) is 7.79. The van der Waals surface area contributed by atoms with Crippen LogP contribution in [0.15, 0.2) is 223 Å². The molecule has 0 bridgehead atoms. The first-order valence-corrected chi connectivity index (χ1v) is 21.2. The zero-order valence-corrected chi connectivity index (χ0v) is 34.1. The standard InChI is InChI=1S/C58H42N2O/c1-57(2)50-24-12-14-26-52(50)58(53-27-15-13-25-51(53)57)49-23-11-9-21-45(49)46-35-33-43(37-54(46)58)60(44-34-36-48-47-22-10-16-28-55(47)61-56(48)38-44)42-31-29-41(30-32-42)59(39-17-5-3-6-18-39)40-19-7-4-8-20-40/h3-38H,1-2H3. The van der Waals surface area contributed by atoms with Gasteiger partial charge in [-0.3, -0.25) is 0 Å². The molecule has 2 aliphatic carbocycles. The van der Waals surface area contributed by atoms with Crippen LogP contribution in [0.5, 0.6) is 0 Å². The Labute approximate surface area is 356 Å². The first-order chi connectivity index (χ1) is 30.0. The lowest BCUT2D eigenvalue weighted by Crippen LogP contribution is -2.40. The van der Waals surface area contributed by atoms with Gasteiger partial charge in [-0.15, -0.1) is 0 Å². The van der Waals surface area contributed by atoms with E-state index in [1.807, 2.05) is 6.07 Å². The molecule has 0 amide bonds. The lowest BCUT2D eigenvalue weighted by atomic mass is 9.55. The van der Waals surface area contributed by atoms with Gasteiger partial charge in [0, 0.05) is 56.4 Å². The highest BCUT2D eigenvalue weighted by Gasteiger charge is 2.53. The Bertz CT molecular complexity index is 3200. The second-order valence-electron chi connectivity index (χ2n) is 16.9. The second-order valence-corrected chi connectivity index (χ2v) is 16.9. The maximum atomic E-state index is 6.53. The minimum atomic E-state index is -0.505. The summed E-state index contributed by atoms with van der Waals surface area (Å²) in [7, 11) is 0. The molecule has 0 saturated heterocycles. The van der Waals surface area contributed by atoms with Crippen LogP contribution in [0, 0.1) is 0 Å². The topological polar surface area (TPSA) is 19.6 Å². The van der Waals surface area contributed by atoms with E-state index in [1.54, 1.807) is 0 Å². The molecule has 0 aliphatic heterocycles. The molecule has 3 nitrogen and oxygen atoms in total. The van der Waals surface area contributed by atoms with E-state index < -0.39 is 5.41 Å². The van der Waals surface area contributed by atoms with E-state index >= 15 is 0 Å². The van der Waals surface area contributed by atoms with Gasteiger partial charge in [-0.05, 0) is 123 Å². The van der Waals surface area contributed by atoms with Crippen LogP contribution in [0.1, 0.15) is 47.2 Å². The molecule has 0 radical (unpaired) electrons. The van der Waals surface area contributed by atoms with Crippen molar-refractivity contribution in [2.24, 2.45) is 0 Å². The van der Waals surface area contributed by atoms with Crippen LogP contribution in [-0.2, 0) is 10.8 Å². The first kappa shape index (κ1) is 35.3. The van der Waals surface area contributed by atoms with Gasteiger partial charge in [0.25, 0.3) is 0 Å². The van der Waals surface area contributed by atoms with Crippen molar-refractivity contribution >= 4 is 56.1 Å². The number of hydrogen-bond donors (Lipinski definition) is 0. The van der Waals surface area contributed by atoms with Gasteiger partial charge in [0.2, 0.25) is 0 Å². The zero-order chi connectivity index (χ0) is 40.7. The number of furan rings is 1. The fraction of sp³-hybridized carbons (Fsp3) is 0.0690.